The molecule has 4 heteroatoms. The van der Waals surface area contributed by atoms with Crippen LogP contribution in [0, 0.1) is 5.92 Å². The Bertz CT molecular complexity index is 480. The topological polar surface area (TPSA) is 55.3 Å². The van der Waals surface area contributed by atoms with Crippen LogP contribution in [0.1, 0.15) is 12.5 Å². The van der Waals surface area contributed by atoms with Crippen LogP contribution < -0.4 is 5.73 Å². The molecule has 0 aliphatic heterocycles. The average Bonchev–Trinajstić information content (AvgIpc) is 2.75. The van der Waals surface area contributed by atoms with Gasteiger partial charge in [-0.3, -0.25) is 0 Å². The lowest BCUT2D eigenvalue weighted by atomic mass is 10.1. The summed E-state index contributed by atoms with van der Waals surface area (Å²) in [6.45, 7) is 4.80. The zero-order valence-electron chi connectivity index (χ0n) is 10.4. The predicted octanol–water partition coefficient (Wildman–Crippen LogP) is 1.85. The third-order valence-corrected chi connectivity index (χ3v) is 2.87. The van der Waals surface area contributed by atoms with Crippen LogP contribution in [0.25, 0.3) is 11.1 Å². The van der Waals surface area contributed by atoms with E-state index in [9.17, 15) is 0 Å². The molecule has 0 saturated heterocycles. The molecule has 1 atom stereocenters. The molecule has 1 aromatic carbocycles. The normalized spacial score (nSPS) is 13.4. The third kappa shape index (κ3) is 3.05. The molecule has 1 heterocycles. The maximum atomic E-state index is 5.62. The predicted molar refractivity (Wildman–Crippen MR) is 68.6 cm³/mol. The second kappa shape index (κ2) is 5.29. The molecule has 1 unspecified atom stereocenters. The highest BCUT2D eigenvalue weighted by Crippen LogP contribution is 2.15. The summed E-state index contributed by atoms with van der Waals surface area (Å²) in [7, 11) is 2.11. The van der Waals surface area contributed by atoms with Crippen LogP contribution in [-0.2, 0) is 6.54 Å². The monoisotopic (exact) mass is 233 g/mol. The van der Waals surface area contributed by atoms with E-state index in [-0.39, 0.29) is 0 Å². The highest BCUT2D eigenvalue weighted by Gasteiger charge is 2.06. The number of aromatic nitrogens is 1. The van der Waals surface area contributed by atoms with Crippen molar-refractivity contribution < 1.29 is 4.42 Å². The molecule has 0 spiro atoms. The fourth-order valence-electron chi connectivity index (χ4n) is 1.98. The molecule has 4 nitrogen and oxygen atoms in total. The Balaban J connectivity index is 2.02. The largest absolute Gasteiger partial charge is 0.443 e. The van der Waals surface area contributed by atoms with E-state index in [1.807, 2.05) is 12.1 Å². The Labute approximate surface area is 101 Å². The fraction of sp³-hybridized carbons (Fsp3) is 0.462. The molecule has 2 N–H and O–H groups in total. The highest BCUT2D eigenvalue weighted by atomic mass is 16.3. The van der Waals surface area contributed by atoms with Crippen LogP contribution in [0.4, 0.5) is 0 Å². The Morgan fingerprint density at radius 1 is 1.47 bits per heavy atom. The van der Waals surface area contributed by atoms with E-state index in [1.54, 1.807) is 0 Å². The molecule has 2 rings (SSSR count). The van der Waals surface area contributed by atoms with Gasteiger partial charge in [-0.2, -0.15) is 0 Å². The summed E-state index contributed by atoms with van der Waals surface area (Å²) >= 11 is 0. The minimum absolute atomic E-state index is 0.522. The van der Waals surface area contributed by atoms with E-state index >= 15 is 0 Å². The molecular formula is C13H19N3O. The van der Waals surface area contributed by atoms with Crippen molar-refractivity contribution in [1.82, 2.24) is 9.88 Å². The average molecular weight is 233 g/mol. The molecule has 0 amide bonds. The van der Waals surface area contributed by atoms with Crippen molar-refractivity contribution >= 4 is 11.1 Å². The third-order valence-electron chi connectivity index (χ3n) is 2.87. The van der Waals surface area contributed by atoms with E-state index < -0.39 is 0 Å². The van der Waals surface area contributed by atoms with Gasteiger partial charge in [-0.1, -0.05) is 13.0 Å². The van der Waals surface area contributed by atoms with Gasteiger partial charge < -0.3 is 15.1 Å². The lowest BCUT2D eigenvalue weighted by Gasteiger charge is -2.20. The smallest absolute Gasteiger partial charge is 0.181 e. The fourth-order valence-corrected chi connectivity index (χ4v) is 1.98. The summed E-state index contributed by atoms with van der Waals surface area (Å²) in [5.41, 5.74) is 8.62. The van der Waals surface area contributed by atoms with Crippen molar-refractivity contribution in [3.8, 4) is 0 Å². The van der Waals surface area contributed by atoms with Gasteiger partial charge >= 0.3 is 0 Å². The van der Waals surface area contributed by atoms with Gasteiger partial charge in [0.1, 0.15) is 5.52 Å². The summed E-state index contributed by atoms with van der Waals surface area (Å²) < 4.78 is 5.29. The second-order valence-corrected chi connectivity index (χ2v) is 4.69. The molecule has 2 aromatic rings. The zero-order chi connectivity index (χ0) is 12.3. The van der Waals surface area contributed by atoms with Crippen LogP contribution in [-0.4, -0.2) is 30.0 Å². The first-order chi connectivity index (χ1) is 8.19. The van der Waals surface area contributed by atoms with Gasteiger partial charge in [0.25, 0.3) is 0 Å². The number of fused-ring (bicyclic) bond motifs is 1. The minimum Gasteiger partial charge on any atom is -0.443 e. The number of nitrogens with zero attached hydrogens (tertiary/aromatic N) is 2. The van der Waals surface area contributed by atoms with Crippen molar-refractivity contribution in [2.75, 3.05) is 20.1 Å². The van der Waals surface area contributed by atoms with Gasteiger partial charge in [0.15, 0.2) is 12.0 Å². The van der Waals surface area contributed by atoms with Gasteiger partial charge in [0.2, 0.25) is 0 Å². The number of rotatable bonds is 5. The molecular weight excluding hydrogens is 214 g/mol. The van der Waals surface area contributed by atoms with Gasteiger partial charge in [-0.05, 0) is 37.2 Å². The second-order valence-electron chi connectivity index (χ2n) is 4.69. The van der Waals surface area contributed by atoms with Crippen molar-refractivity contribution in [2.24, 2.45) is 11.7 Å². The van der Waals surface area contributed by atoms with Crippen molar-refractivity contribution in [2.45, 2.75) is 13.5 Å². The Hall–Kier alpha value is -1.39. The van der Waals surface area contributed by atoms with E-state index in [0.717, 1.165) is 30.7 Å². The number of nitrogens with two attached hydrogens (primary N) is 1. The van der Waals surface area contributed by atoms with Crippen LogP contribution in [0.2, 0.25) is 0 Å². The van der Waals surface area contributed by atoms with E-state index in [1.165, 1.54) is 12.0 Å². The van der Waals surface area contributed by atoms with Gasteiger partial charge in [0, 0.05) is 13.1 Å². The Morgan fingerprint density at radius 2 is 2.29 bits per heavy atom. The van der Waals surface area contributed by atoms with Crippen molar-refractivity contribution in [3.63, 3.8) is 0 Å². The Morgan fingerprint density at radius 3 is 3.06 bits per heavy atom. The summed E-state index contributed by atoms with van der Waals surface area (Å²) in [5.74, 6) is 0.522. The summed E-state index contributed by atoms with van der Waals surface area (Å²) in [5, 5.41) is 0. The first-order valence-electron chi connectivity index (χ1n) is 5.89. The number of hydrogen-bond acceptors (Lipinski definition) is 4. The van der Waals surface area contributed by atoms with Gasteiger partial charge in [-0.25, -0.2) is 4.98 Å². The molecule has 0 aliphatic carbocycles. The maximum absolute atomic E-state index is 5.62. The number of benzene rings is 1. The Kier molecular flexibility index (Phi) is 3.76. The highest BCUT2D eigenvalue weighted by molar-refractivity contribution is 5.72. The van der Waals surface area contributed by atoms with Crippen LogP contribution >= 0.6 is 0 Å². The van der Waals surface area contributed by atoms with Gasteiger partial charge in [0.05, 0.1) is 0 Å². The van der Waals surface area contributed by atoms with Crippen LogP contribution in [0.5, 0.6) is 0 Å². The lowest BCUT2D eigenvalue weighted by Crippen LogP contribution is -2.28. The molecule has 0 saturated carbocycles. The van der Waals surface area contributed by atoms with E-state index in [4.69, 9.17) is 10.2 Å². The molecule has 0 radical (unpaired) electrons. The molecule has 92 valence electrons. The summed E-state index contributed by atoms with van der Waals surface area (Å²) in [4.78, 5) is 6.38. The molecule has 1 aromatic heterocycles. The first-order valence-corrected chi connectivity index (χ1v) is 5.89. The number of oxazole rings is 1. The van der Waals surface area contributed by atoms with Crippen molar-refractivity contribution in [1.29, 1.82) is 0 Å². The minimum atomic E-state index is 0.522. The first kappa shape index (κ1) is 12.1. The number of hydrogen-bond donors (Lipinski definition) is 1. The van der Waals surface area contributed by atoms with E-state index in [0.29, 0.717) is 5.92 Å². The summed E-state index contributed by atoms with van der Waals surface area (Å²) in [6, 6.07) is 6.13. The molecule has 17 heavy (non-hydrogen) atoms. The quantitative estimate of drug-likeness (QED) is 0.856. The molecule has 0 bridgehead atoms. The zero-order valence-corrected chi connectivity index (χ0v) is 10.4. The SMILES string of the molecule is CC(CN)CN(C)Cc1ccc2ncoc2c1. The van der Waals surface area contributed by atoms with Crippen LogP contribution in [0.3, 0.4) is 0 Å². The van der Waals surface area contributed by atoms with E-state index in [2.05, 4.69) is 29.9 Å². The molecule has 0 fully saturated rings. The standard InChI is InChI=1S/C13H19N3O/c1-10(6-14)7-16(2)8-11-3-4-12-13(5-11)17-9-15-12/h3-5,9-10H,6-8,14H2,1-2H3. The van der Waals surface area contributed by atoms with Crippen molar-refractivity contribution in [3.05, 3.63) is 30.2 Å². The lowest BCUT2D eigenvalue weighted by molar-refractivity contribution is 0.282. The van der Waals surface area contributed by atoms with Crippen LogP contribution in [0.15, 0.2) is 29.0 Å². The molecule has 0 aliphatic rings. The maximum Gasteiger partial charge on any atom is 0.181 e. The summed E-state index contributed by atoms with van der Waals surface area (Å²) in [6.07, 6.45) is 1.48. The van der Waals surface area contributed by atoms with Gasteiger partial charge in [-0.15, -0.1) is 0 Å².